The van der Waals surface area contributed by atoms with Gasteiger partial charge >= 0.3 is 5.97 Å². The van der Waals surface area contributed by atoms with Crippen LogP contribution in [0.15, 0.2) is 42.5 Å². The fourth-order valence-electron chi connectivity index (χ4n) is 5.73. The van der Waals surface area contributed by atoms with Gasteiger partial charge in [0, 0.05) is 31.6 Å². The molecule has 0 aliphatic carbocycles. The van der Waals surface area contributed by atoms with Crippen LogP contribution in [0.5, 0.6) is 0 Å². The Morgan fingerprint density at radius 2 is 1.68 bits per heavy atom. The molecule has 1 saturated heterocycles. The number of nitrogens with one attached hydrogen (secondary N) is 3. The van der Waals surface area contributed by atoms with Crippen molar-refractivity contribution in [3.8, 4) is 0 Å². The summed E-state index contributed by atoms with van der Waals surface area (Å²) in [6.07, 6.45) is 2.07. The van der Waals surface area contributed by atoms with Crippen LogP contribution in [0.4, 0.5) is 8.78 Å². The van der Waals surface area contributed by atoms with Gasteiger partial charge in [0.2, 0.25) is 11.8 Å². The SMILES string of the molecule is CCCC(CCC)S(=O)(=O)C[C@H](NC(=O)[C@@H]1CCC(=O)N1)C(=O)O[C@H](CNCc1cccc(CC)c1)[C@@H](N)Cc1cc(F)cc(F)c1. The van der Waals surface area contributed by atoms with Gasteiger partial charge in [-0.05, 0) is 60.9 Å². The van der Waals surface area contributed by atoms with Gasteiger partial charge in [-0.25, -0.2) is 22.0 Å². The number of carbonyl (C=O) groups excluding carboxylic acids is 3. The number of hydrogen-bond donors (Lipinski definition) is 4. The summed E-state index contributed by atoms with van der Waals surface area (Å²) in [5, 5.41) is 7.55. The van der Waals surface area contributed by atoms with Crippen molar-refractivity contribution in [1.29, 1.82) is 0 Å². The number of amides is 2. The first-order chi connectivity index (χ1) is 22.3. The number of ether oxygens (including phenoxy) is 1. The Labute approximate surface area is 276 Å². The fraction of sp³-hybridized carbons (Fsp3) is 0.559. The Morgan fingerprint density at radius 1 is 1.02 bits per heavy atom. The van der Waals surface area contributed by atoms with Gasteiger partial charge in [-0.15, -0.1) is 0 Å². The Kier molecular flexibility index (Phi) is 14.7. The van der Waals surface area contributed by atoms with Crippen molar-refractivity contribution in [3.05, 3.63) is 70.8 Å². The average molecular weight is 679 g/mol. The Bertz CT molecular complexity index is 1450. The highest BCUT2D eigenvalue weighted by Gasteiger charge is 2.37. The van der Waals surface area contributed by atoms with E-state index in [0.29, 0.717) is 32.2 Å². The first-order valence-electron chi connectivity index (χ1n) is 16.4. The number of carbonyl (C=O) groups is 3. The Hall–Kier alpha value is -3.42. The van der Waals surface area contributed by atoms with Gasteiger partial charge in [-0.3, -0.25) is 9.59 Å². The van der Waals surface area contributed by atoms with E-state index < -0.39 is 68.6 Å². The summed E-state index contributed by atoms with van der Waals surface area (Å²) in [6, 6.07) is 7.47. The van der Waals surface area contributed by atoms with Crippen LogP contribution in [-0.4, -0.2) is 68.0 Å². The molecule has 0 saturated carbocycles. The second kappa shape index (κ2) is 18.2. The summed E-state index contributed by atoms with van der Waals surface area (Å²) in [4.78, 5) is 38.6. The predicted octanol–water partition coefficient (Wildman–Crippen LogP) is 3.25. The molecule has 1 aliphatic rings. The van der Waals surface area contributed by atoms with Crippen LogP contribution in [0.25, 0.3) is 0 Å². The highest BCUT2D eigenvalue weighted by Crippen LogP contribution is 2.19. The zero-order valence-corrected chi connectivity index (χ0v) is 28.2. The third kappa shape index (κ3) is 12.0. The van der Waals surface area contributed by atoms with Crippen molar-refractivity contribution in [3.63, 3.8) is 0 Å². The third-order valence-electron chi connectivity index (χ3n) is 8.25. The molecule has 1 aliphatic heterocycles. The molecular formula is C34H48F2N4O6S. The Balaban J connectivity index is 1.86. The van der Waals surface area contributed by atoms with Crippen molar-refractivity contribution >= 4 is 27.6 Å². The first-order valence-corrected chi connectivity index (χ1v) is 18.1. The monoisotopic (exact) mass is 678 g/mol. The molecule has 5 N–H and O–H groups in total. The quantitative estimate of drug-likeness (QED) is 0.165. The second-order valence-corrected chi connectivity index (χ2v) is 14.5. The Morgan fingerprint density at radius 3 is 2.28 bits per heavy atom. The van der Waals surface area contributed by atoms with Crippen LogP contribution < -0.4 is 21.7 Å². The van der Waals surface area contributed by atoms with E-state index in [1.807, 2.05) is 45.0 Å². The number of sulfone groups is 1. The third-order valence-corrected chi connectivity index (χ3v) is 10.5. The molecule has 0 bridgehead atoms. The van der Waals surface area contributed by atoms with E-state index in [9.17, 15) is 31.6 Å². The molecule has 0 unspecified atom stereocenters. The average Bonchev–Trinajstić information content (AvgIpc) is 3.45. The maximum atomic E-state index is 14.0. The van der Waals surface area contributed by atoms with Crippen LogP contribution >= 0.6 is 0 Å². The lowest BCUT2D eigenvalue weighted by molar-refractivity contribution is -0.153. The van der Waals surface area contributed by atoms with E-state index in [0.717, 1.165) is 35.7 Å². The van der Waals surface area contributed by atoms with E-state index in [1.54, 1.807) is 0 Å². The summed E-state index contributed by atoms with van der Waals surface area (Å²) in [5.74, 6) is -4.29. The predicted molar refractivity (Wildman–Crippen MR) is 176 cm³/mol. The van der Waals surface area contributed by atoms with E-state index >= 15 is 0 Å². The van der Waals surface area contributed by atoms with Crippen molar-refractivity contribution in [2.45, 2.75) is 108 Å². The maximum Gasteiger partial charge on any atom is 0.330 e. The highest BCUT2D eigenvalue weighted by atomic mass is 32.2. The lowest BCUT2D eigenvalue weighted by atomic mass is 10.0. The first kappa shape index (κ1) is 38.0. The molecular weight excluding hydrogens is 630 g/mol. The topological polar surface area (TPSA) is 157 Å². The zero-order valence-electron chi connectivity index (χ0n) is 27.4. The molecule has 2 amide bonds. The molecule has 10 nitrogen and oxygen atoms in total. The van der Waals surface area contributed by atoms with E-state index in [1.165, 1.54) is 0 Å². The molecule has 1 heterocycles. The lowest BCUT2D eigenvalue weighted by Gasteiger charge is -2.28. The minimum atomic E-state index is -3.88. The molecule has 0 aromatic heterocycles. The van der Waals surface area contributed by atoms with Gasteiger partial charge in [0.05, 0.1) is 11.0 Å². The number of aryl methyl sites for hydroxylation is 1. The minimum Gasteiger partial charge on any atom is -0.458 e. The van der Waals surface area contributed by atoms with Crippen molar-refractivity contribution in [2.75, 3.05) is 12.3 Å². The lowest BCUT2D eigenvalue weighted by Crippen LogP contribution is -2.55. The zero-order chi connectivity index (χ0) is 34.6. The maximum absolute atomic E-state index is 14.0. The summed E-state index contributed by atoms with van der Waals surface area (Å²) in [6.45, 7) is 6.21. The summed E-state index contributed by atoms with van der Waals surface area (Å²) in [7, 11) is -3.88. The van der Waals surface area contributed by atoms with Gasteiger partial charge < -0.3 is 26.4 Å². The van der Waals surface area contributed by atoms with E-state index in [2.05, 4.69) is 16.0 Å². The van der Waals surface area contributed by atoms with Crippen LogP contribution in [0.1, 0.15) is 76.0 Å². The molecule has 0 spiro atoms. The molecule has 2 aromatic rings. The van der Waals surface area contributed by atoms with Gasteiger partial charge in [0.15, 0.2) is 9.84 Å². The number of benzene rings is 2. The molecule has 4 atom stereocenters. The summed E-state index contributed by atoms with van der Waals surface area (Å²) >= 11 is 0. The van der Waals surface area contributed by atoms with Gasteiger partial charge in [-0.2, -0.15) is 0 Å². The normalized spacial score (nSPS) is 16.8. The minimum absolute atomic E-state index is 0.0292. The van der Waals surface area contributed by atoms with Crippen LogP contribution in [0.2, 0.25) is 0 Å². The van der Waals surface area contributed by atoms with E-state index in [4.69, 9.17) is 10.5 Å². The smallest absolute Gasteiger partial charge is 0.330 e. The summed E-state index contributed by atoms with van der Waals surface area (Å²) in [5.41, 5.74) is 8.84. The standard InChI is InChI=1S/C34H48F2N4O6S/c1-4-8-27(9-5-2)47(44,45)21-30(40-33(42)29-12-13-32(41)39-29)34(43)46-31(20-38-19-23-11-7-10-22(6-3)14-23)28(37)17-24-15-25(35)18-26(36)16-24/h7,10-11,14-16,18,27-31,38H,4-6,8-9,12-13,17,19-21,37H2,1-3H3,(H,39,41)(H,40,42)/t28-,29-,30-,31+/m0/s1. The van der Waals surface area contributed by atoms with Gasteiger partial charge in [0.1, 0.15) is 29.8 Å². The molecule has 13 heteroatoms. The molecule has 47 heavy (non-hydrogen) atoms. The van der Waals surface area contributed by atoms with E-state index in [-0.39, 0.29) is 37.3 Å². The molecule has 2 aromatic carbocycles. The molecule has 260 valence electrons. The van der Waals surface area contributed by atoms with Crippen LogP contribution in [-0.2, 0) is 48.3 Å². The van der Waals surface area contributed by atoms with Crippen molar-refractivity contribution in [2.24, 2.45) is 5.73 Å². The van der Waals surface area contributed by atoms with Crippen molar-refractivity contribution in [1.82, 2.24) is 16.0 Å². The largest absolute Gasteiger partial charge is 0.458 e. The summed E-state index contributed by atoms with van der Waals surface area (Å²) < 4.78 is 60.8. The van der Waals surface area contributed by atoms with Crippen molar-refractivity contribution < 1.29 is 36.3 Å². The van der Waals surface area contributed by atoms with Gasteiger partial charge in [0.25, 0.3) is 0 Å². The molecule has 0 radical (unpaired) electrons. The van der Waals surface area contributed by atoms with Crippen LogP contribution in [0.3, 0.4) is 0 Å². The number of esters is 1. The molecule has 3 rings (SSSR count). The number of halogens is 2. The number of hydrogen-bond acceptors (Lipinski definition) is 8. The fourth-order valence-corrected chi connectivity index (χ4v) is 7.88. The highest BCUT2D eigenvalue weighted by molar-refractivity contribution is 7.92. The van der Waals surface area contributed by atoms with Gasteiger partial charge in [-0.1, -0.05) is 57.9 Å². The molecule has 1 fully saturated rings. The van der Waals surface area contributed by atoms with Crippen LogP contribution in [0, 0.1) is 11.6 Å². The number of rotatable bonds is 19. The second-order valence-electron chi connectivity index (χ2n) is 12.2. The number of nitrogens with two attached hydrogens (primary N) is 1.